The molecular weight excluding hydrogens is 318 g/mol. The van der Waals surface area contributed by atoms with Crippen LogP contribution in [0.15, 0.2) is 48.8 Å². The van der Waals surface area contributed by atoms with E-state index in [2.05, 4.69) is 10.3 Å². The summed E-state index contributed by atoms with van der Waals surface area (Å²) in [6.45, 7) is 1.96. The first-order valence-corrected chi connectivity index (χ1v) is 8.43. The lowest BCUT2D eigenvalue weighted by Gasteiger charge is -2.34. The number of amides is 1. The van der Waals surface area contributed by atoms with Crippen molar-refractivity contribution in [2.45, 2.75) is 19.4 Å². The van der Waals surface area contributed by atoms with Crippen LogP contribution in [-0.4, -0.2) is 30.6 Å². The van der Waals surface area contributed by atoms with Crippen LogP contribution in [-0.2, 0) is 16.1 Å². The number of carbonyl (C=O) groups excluding carboxylic acids is 1. The molecule has 3 rings (SSSR count). The molecule has 1 aliphatic rings. The predicted molar refractivity (Wildman–Crippen MR) is 95.2 cm³/mol. The summed E-state index contributed by atoms with van der Waals surface area (Å²) in [5.74, 6) is 0.707. The summed E-state index contributed by atoms with van der Waals surface area (Å²) in [5.41, 5.74) is 7.13. The van der Waals surface area contributed by atoms with Crippen LogP contribution >= 0.6 is 0 Å². The van der Waals surface area contributed by atoms with Crippen LogP contribution in [0.4, 0.5) is 5.69 Å². The van der Waals surface area contributed by atoms with E-state index in [0.717, 1.165) is 17.0 Å². The van der Waals surface area contributed by atoms with Crippen LogP contribution in [0.5, 0.6) is 5.75 Å². The van der Waals surface area contributed by atoms with E-state index in [4.69, 9.17) is 15.2 Å². The van der Waals surface area contributed by atoms with Gasteiger partial charge in [0.25, 0.3) is 0 Å². The smallest absolute Gasteiger partial charge is 0.232 e. The maximum absolute atomic E-state index is 12.6. The topological polar surface area (TPSA) is 86.5 Å². The van der Waals surface area contributed by atoms with E-state index in [1.54, 1.807) is 12.4 Å². The minimum absolute atomic E-state index is 0.0382. The number of nitrogens with zero attached hydrogens (tertiary/aromatic N) is 1. The lowest BCUT2D eigenvalue weighted by Crippen LogP contribution is -2.46. The molecule has 1 aliphatic heterocycles. The molecule has 2 aromatic rings. The quantitative estimate of drug-likeness (QED) is 0.842. The van der Waals surface area contributed by atoms with Gasteiger partial charge in [0.1, 0.15) is 12.4 Å². The van der Waals surface area contributed by atoms with Gasteiger partial charge in [-0.15, -0.1) is 0 Å². The van der Waals surface area contributed by atoms with Crippen molar-refractivity contribution < 1.29 is 14.3 Å². The Morgan fingerprint density at radius 3 is 2.48 bits per heavy atom. The molecule has 1 fully saturated rings. The van der Waals surface area contributed by atoms with Crippen molar-refractivity contribution in [3.05, 3.63) is 54.4 Å². The molecule has 132 valence electrons. The number of nitrogens with two attached hydrogens (primary N) is 1. The Hall–Kier alpha value is -2.44. The van der Waals surface area contributed by atoms with Gasteiger partial charge in [-0.2, -0.15) is 0 Å². The van der Waals surface area contributed by atoms with Crippen molar-refractivity contribution in [3.63, 3.8) is 0 Å². The highest BCUT2D eigenvalue weighted by molar-refractivity contribution is 5.95. The summed E-state index contributed by atoms with van der Waals surface area (Å²) >= 11 is 0. The van der Waals surface area contributed by atoms with Gasteiger partial charge in [0.15, 0.2) is 0 Å². The van der Waals surface area contributed by atoms with Gasteiger partial charge in [-0.3, -0.25) is 9.78 Å². The molecular formula is C19H23N3O3. The fourth-order valence-electron chi connectivity index (χ4n) is 2.83. The summed E-state index contributed by atoms with van der Waals surface area (Å²) in [5, 5.41) is 2.97. The second-order valence-corrected chi connectivity index (χ2v) is 6.22. The van der Waals surface area contributed by atoms with E-state index < -0.39 is 5.41 Å². The molecule has 0 bridgehead atoms. The first kappa shape index (κ1) is 17.4. The monoisotopic (exact) mass is 341 g/mol. The Balaban J connectivity index is 1.57. The highest BCUT2D eigenvalue weighted by atomic mass is 16.5. The lowest BCUT2D eigenvalue weighted by atomic mass is 9.79. The van der Waals surface area contributed by atoms with Gasteiger partial charge in [-0.1, -0.05) is 0 Å². The standard InChI is InChI=1S/C19H23N3O3/c20-14-19(7-11-24-12-8-19)18(23)22-16-1-3-17(4-2-16)25-13-15-5-9-21-10-6-15/h1-6,9-10H,7-8,11-14,20H2,(H,22,23). The minimum atomic E-state index is -0.533. The van der Waals surface area contributed by atoms with Crippen LogP contribution in [0.1, 0.15) is 18.4 Å². The summed E-state index contributed by atoms with van der Waals surface area (Å²) in [4.78, 5) is 16.6. The van der Waals surface area contributed by atoms with E-state index >= 15 is 0 Å². The Labute approximate surface area is 147 Å². The van der Waals surface area contributed by atoms with Gasteiger partial charge in [0.2, 0.25) is 5.91 Å². The third-order valence-electron chi connectivity index (χ3n) is 4.59. The van der Waals surface area contributed by atoms with E-state index in [9.17, 15) is 4.79 Å². The van der Waals surface area contributed by atoms with Crippen molar-refractivity contribution in [2.24, 2.45) is 11.1 Å². The highest BCUT2D eigenvalue weighted by Gasteiger charge is 2.38. The average molecular weight is 341 g/mol. The first-order valence-electron chi connectivity index (χ1n) is 8.43. The van der Waals surface area contributed by atoms with Crippen LogP contribution in [0.25, 0.3) is 0 Å². The summed E-state index contributed by atoms with van der Waals surface area (Å²) < 4.78 is 11.1. The van der Waals surface area contributed by atoms with Gasteiger partial charge < -0.3 is 20.5 Å². The number of benzene rings is 1. The molecule has 0 unspecified atom stereocenters. The maximum atomic E-state index is 12.6. The zero-order chi connectivity index (χ0) is 17.5. The van der Waals surface area contributed by atoms with E-state index in [0.29, 0.717) is 39.2 Å². The van der Waals surface area contributed by atoms with Crippen molar-refractivity contribution in [2.75, 3.05) is 25.1 Å². The van der Waals surface area contributed by atoms with Crippen molar-refractivity contribution >= 4 is 11.6 Å². The second-order valence-electron chi connectivity index (χ2n) is 6.22. The first-order chi connectivity index (χ1) is 12.2. The Kier molecular flexibility index (Phi) is 5.63. The van der Waals surface area contributed by atoms with Crippen molar-refractivity contribution in [1.82, 2.24) is 4.98 Å². The minimum Gasteiger partial charge on any atom is -0.489 e. The number of anilines is 1. The number of hydrogen-bond acceptors (Lipinski definition) is 5. The maximum Gasteiger partial charge on any atom is 0.232 e. The molecule has 1 saturated heterocycles. The number of nitrogens with one attached hydrogen (secondary N) is 1. The van der Waals surface area contributed by atoms with Gasteiger partial charge >= 0.3 is 0 Å². The molecule has 6 heteroatoms. The van der Waals surface area contributed by atoms with Crippen LogP contribution in [0.2, 0.25) is 0 Å². The molecule has 0 radical (unpaired) electrons. The number of hydrogen-bond donors (Lipinski definition) is 2. The number of pyridine rings is 1. The molecule has 1 amide bonds. The summed E-state index contributed by atoms with van der Waals surface area (Å²) in [6.07, 6.45) is 4.78. The predicted octanol–water partition coefficient (Wildman–Crippen LogP) is 2.35. The summed E-state index contributed by atoms with van der Waals surface area (Å²) in [7, 11) is 0. The average Bonchev–Trinajstić information content (AvgIpc) is 2.68. The number of carbonyl (C=O) groups is 1. The van der Waals surface area contributed by atoms with Crippen LogP contribution < -0.4 is 15.8 Å². The molecule has 0 atom stereocenters. The third-order valence-corrected chi connectivity index (χ3v) is 4.59. The van der Waals surface area contributed by atoms with Gasteiger partial charge in [0, 0.05) is 37.8 Å². The fraction of sp³-hybridized carbons (Fsp3) is 0.368. The lowest BCUT2D eigenvalue weighted by molar-refractivity contribution is -0.130. The van der Waals surface area contributed by atoms with E-state index in [1.807, 2.05) is 36.4 Å². The Morgan fingerprint density at radius 2 is 1.84 bits per heavy atom. The van der Waals surface area contributed by atoms with E-state index in [-0.39, 0.29) is 5.91 Å². The molecule has 2 heterocycles. The zero-order valence-corrected chi connectivity index (χ0v) is 14.1. The van der Waals surface area contributed by atoms with E-state index in [1.165, 1.54) is 0 Å². The molecule has 1 aromatic heterocycles. The van der Waals surface area contributed by atoms with Crippen LogP contribution in [0, 0.1) is 5.41 Å². The molecule has 0 aliphatic carbocycles. The molecule has 6 nitrogen and oxygen atoms in total. The Bertz CT molecular complexity index is 683. The van der Waals surface area contributed by atoms with Gasteiger partial charge in [-0.25, -0.2) is 0 Å². The number of aromatic nitrogens is 1. The van der Waals surface area contributed by atoms with Gasteiger partial charge in [-0.05, 0) is 54.8 Å². The molecule has 0 saturated carbocycles. The molecule has 0 spiro atoms. The molecule has 3 N–H and O–H groups in total. The number of ether oxygens (including phenoxy) is 2. The second kappa shape index (κ2) is 8.09. The molecule has 1 aromatic carbocycles. The van der Waals surface area contributed by atoms with Gasteiger partial charge in [0.05, 0.1) is 5.41 Å². The van der Waals surface area contributed by atoms with Crippen LogP contribution in [0.3, 0.4) is 0 Å². The van der Waals surface area contributed by atoms with Crippen molar-refractivity contribution in [3.8, 4) is 5.75 Å². The Morgan fingerprint density at radius 1 is 1.16 bits per heavy atom. The largest absolute Gasteiger partial charge is 0.489 e. The fourth-order valence-corrected chi connectivity index (χ4v) is 2.83. The molecule has 25 heavy (non-hydrogen) atoms. The normalized spacial score (nSPS) is 16.2. The number of rotatable bonds is 6. The zero-order valence-electron chi connectivity index (χ0n) is 14.1. The highest BCUT2D eigenvalue weighted by Crippen LogP contribution is 2.31. The van der Waals surface area contributed by atoms with Crippen molar-refractivity contribution in [1.29, 1.82) is 0 Å². The third kappa shape index (κ3) is 4.35. The summed E-state index contributed by atoms with van der Waals surface area (Å²) in [6, 6.07) is 11.2. The SMILES string of the molecule is NCC1(C(=O)Nc2ccc(OCc3ccncc3)cc2)CCOCC1.